The van der Waals surface area contributed by atoms with E-state index < -0.39 is 0 Å². The van der Waals surface area contributed by atoms with E-state index in [4.69, 9.17) is 5.73 Å². The van der Waals surface area contributed by atoms with Crippen molar-refractivity contribution < 1.29 is 4.79 Å². The minimum absolute atomic E-state index is 0.0348. The van der Waals surface area contributed by atoms with Gasteiger partial charge in [0, 0.05) is 24.9 Å². The van der Waals surface area contributed by atoms with Crippen LogP contribution in [0.2, 0.25) is 0 Å². The molecule has 0 radical (unpaired) electrons. The number of carbonyl (C=O) groups is 1. The molecule has 0 saturated carbocycles. The van der Waals surface area contributed by atoms with Crippen molar-refractivity contribution in [1.29, 1.82) is 0 Å². The maximum atomic E-state index is 11.4. The highest BCUT2D eigenvalue weighted by Crippen LogP contribution is 2.30. The van der Waals surface area contributed by atoms with Crippen molar-refractivity contribution in [2.24, 2.45) is 5.73 Å². The molecule has 1 aromatic heterocycles. The third kappa shape index (κ3) is 1.42. The fourth-order valence-electron chi connectivity index (χ4n) is 1.83. The SMILES string of the molecule is Cc1nc(C2C(N)CC(=O)N2C)cs1. The first-order valence-corrected chi connectivity index (χ1v) is 5.41. The van der Waals surface area contributed by atoms with Crippen molar-refractivity contribution in [2.75, 3.05) is 7.05 Å². The Labute approximate surface area is 86.7 Å². The highest BCUT2D eigenvalue weighted by atomic mass is 32.1. The molecule has 2 unspecified atom stereocenters. The quantitative estimate of drug-likeness (QED) is 0.743. The third-order valence-corrected chi connectivity index (χ3v) is 3.36. The van der Waals surface area contributed by atoms with Crippen LogP contribution in [-0.2, 0) is 4.79 Å². The van der Waals surface area contributed by atoms with Crippen LogP contribution in [0.15, 0.2) is 5.38 Å². The van der Waals surface area contributed by atoms with E-state index in [9.17, 15) is 4.79 Å². The summed E-state index contributed by atoms with van der Waals surface area (Å²) in [6.45, 7) is 1.95. The number of nitrogens with zero attached hydrogens (tertiary/aromatic N) is 2. The number of likely N-dealkylation sites (N-methyl/N-ethyl adjacent to an activating group) is 1. The van der Waals surface area contributed by atoms with Crippen LogP contribution >= 0.6 is 11.3 Å². The molecular weight excluding hydrogens is 198 g/mol. The number of aryl methyl sites for hydroxylation is 1. The van der Waals surface area contributed by atoms with Crippen LogP contribution in [0.1, 0.15) is 23.2 Å². The second kappa shape index (κ2) is 3.33. The molecule has 1 fully saturated rings. The summed E-state index contributed by atoms with van der Waals surface area (Å²) in [5.74, 6) is 0.105. The Morgan fingerprint density at radius 1 is 1.71 bits per heavy atom. The number of aromatic nitrogens is 1. The first-order valence-electron chi connectivity index (χ1n) is 4.53. The van der Waals surface area contributed by atoms with Crippen LogP contribution in [0.5, 0.6) is 0 Å². The number of nitrogens with two attached hydrogens (primary N) is 1. The fraction of sp³-hybridized carbons (Fsp3) is 0.556. The molecule has 0 aliphatic carbocycles. The number of rotatable bonds is 1. The van der Waals surface area contributed by atoms with Crippen LogP contribution < -0.4 is 5.73 Å². The molecular formula is C9H13N3OS. The Bertz CT molecular complexity index is 363. The highest BCUT2D eigenvalue weighted by Gasteiger charge is 2.37. The number of carbonyl (C=O) groups excluding carboxylic acids is 1. The van der Waals surface area contributed by atoms with Gasteiger partial charge in [-0.25, -0.2) is 4.98 Å². The zero-order valence-corrected chi connectivity index (χ0v) is 9.04. The van der Waals surface area contributed by atoms with Crippen LogP contribution in [0.25, 0.3) is 0 Å². The van der Waals surface area contributed by atoms with E-state index in [0.717, 1.165) is 10.7 Å². The average molecular weight is 211 g/mol. The summed E-state index contributed by atoms with van der Waals surface area (Å²) in [4.78, 5) is 17.5. The van der Waals surface area contributed by atoms with Gasteiger partial charge in [-0.05, 0) is 6.92 Å². The molecule has 1 aromatic rings. The highest BCUT2D eigenvalue weighted by molar-refractivity contribution is 7.09. The fourth-order valence-corrected chi connectivity index (χ4v) is 2.47. The third-order valence-electron chi connectivity index (χ3n) is 2.57. The molecule has 1 aliphatic rings. The monoisotopic (exact) mass is 211 g/mol. The van der Waals surface area contributed by atoms with Gasteiger partial charge in [0.05, 0.1) is 16.7 Å². The lowest BCUT2D eigenvalue weighted by Gasteiger charge is -2.20. The molecule has 2 N–H and O–H groups in total. The topological polar surface area (TPSA) is 59.2 Å². The summed E-state index contributed by atoms with van der Waals surface area (Å²) in [7, 11) is 1.79. The standard InChI is InChI=1S/C9H13N3OS/c1-5-11-7(4-14-5)9-6(10)3-8(13)12(9)2/h4,6,9H,3,10H2,1-2H3. The van der Waals surface area contributed by atoms with Crippen LogP contribution in [-0.4, -0.2) is 28.9 Å². The van der Waals surface area contributed by atoms with E-state index in [1.54, 1.807) is 23.3 Å². The van der Waals surface area contributed by atoms with Gasteiger partial charge in [-0.3, -0.25) is 4.79 Å². The summed E-state index contributed by atoms with van der Waals surface area (Å²) in [5.41, 5.74) is 6.83. The lowest BCUT2D eigenvalue weighted by atomic mass is 10.1. The van der Waals surface area contributed by atoms with Crippen molar-refractivity contribution in [3.63, 3.8) is 0 Å². The molecule has 1 amide bonds. The first-order chi connectivity index (χ1) is 6.59. The van der Waals surface area contributed by atoms with Crippen molar-refractivity contribution in [3.05, 3.63) is 16.1 Å². The van der Waals surface area contributed by atoms with Crippen LogP contribution in [0.3, 0.4) is 0 Å². The van der Waals surface area contributed by atoms with E-state index in [1.165, 1.54) is 0 Å². The maximum absolute atomic E-state index is 11.4. The van der Waals surface area contributed by atoms with Gasteiger partial charge in [0.15, 0.2) is 0 Å². The number of likely N-dealkylation sites (tertiary alicyclic amines) is 1. The first kappa shape index (κ1) is 9.61. The minimum Gasteiger partial charge on any atom is -0.335 e. The minimum atomic E-state index is -0.117. The van der Waals surface area contributed by atoms with Gasteiger partial charge < -0.3 is 10.6 Å². The Hall–Kier alpha value is -0.940. The molecule has 2 rings (SSSR count). The Balaban J connectivity index is 2.30. The summed E-state index contributed by atoms with van der Waals surface area (Å²) < 4.78 is 0. The summed E-state index contributed by atoms with van der Waals surface area (Å²) >= 11 is 1.59. The molecule has 0 aromatic carbocycles. The van der Waals surface area contributed by atoms with Gasteiger partial charge in [0.1, 0.15) is 0 Å². The molecule has 0 spiro atoms. The smallest absolute Gasteiger partial charge is 0.224 e. The molecule has 1 saturated heterocycles. The van der Waals surface area contributed by atoms with E-state index in [2.05, 4.69) is 4.98 Å². The van der Waals surface area contributed by atoms with Crippen molar-refractivity contribution in [3.8, 4) is 0 Å². The van der Waals surface area contributed by atoms with E-state index in [1.807, 2.05) is 12.3 Å². The van der Waals surface area contributed by atoms with Gasteiger partial charge in [-0.1, -0.05) is 0 Å². The summed E-state index contributed by atoms with van der Waals surface area (Å²) in [6, 6.07) is -0.151. The van der Waals surface area contributed by atoms with Crippen molar-refractivity contribution in [2.45, 2.75) is 25.4 Å². The molecule has 2 heterocycles. The average Bonchev–Trinajstić information content (AvgIpc) is 2.60. The Morgan fingerprint density at radius 2 is 2.43 bits per heavy atom. The number of thiazole rings is 1. The second-order valence-corrected chi connectivity index (χ2v) is 4.67. The summed E-state index contributed by atoms with van der Waals surface area (Å²) in [6.07, 6.45) is 0.428. The predicted molar refractivity (Wildman–Crippen MR) is 55.0 cm³/mol. The summed E-state index contributed by atoms with van der Waals surface area (Å²) in [5, 5.41) is 2.99. The number of hydrogen-bond acceptors (Lipinski definition) is 4. The molecule has 4 nitrogen and oxygen atoms in total. The van der Waals surface area contributed by atoms with Crippen LogP contribution in [0.4, 0.5) is 0 Å². The predicted octanol–water partition coefficient (Wildman–Crippen LogP) is 0.682. The van der Waals surface area contributed by atoms with Crippen molar-refractivity contribution >= 4 is 17.2 Å². The van der Waals surface area contributed by atoms with Gasteiger partial charge in [-0.2, -0.15) is 0 Å². The van der Waals surface area contributed by atoms with E-state index >= 15 is 0 Å². The molecule has 76 valence electrons. The number of amides is 1. The zero-order chi connectivity index (χ0) is 10.3. The normalized spacial score (nSPS) is 27.4. The molecule has 1 aliphatic heterocycles. The second-order valence-electron chi connectivity index (χ2n) is 3.61. The van der Waals surface area contributed by atoms with E-state index in [-0.39, 0.29) is 18.0 Å². The number of hydrogen-bond donors (Lipinski definition) is 1. The zero-order valence-electron chi connectivity index (χ0n) is 8.23. The van der Waals surface area contributed by atoms with Gasteiger partial charge >= 0.3 is 0 Å². The Morgan fingerprint density at radius 3 is 2.86 bits per heavy atom. The van der Waals surface area contributed by atoms with Gasteiger partial charge in [0.2, 0.25) is 5.91 Å². The Kier molecular flexibility index (Phi) is 2.28. The molecule has 0 bridgehead atoms. The maximum Gasteiger partial charge on any atom is 0.224 e. The largest absolute Gasteiger partial charge is 0.335 e. The lowest BCUT2D eigenvalue weighted by molar-refractivity contribution is -0.127. The van der Waals surface area contributed by atoms with Gasteiger partial charge in [-0.15, -0.1) is 11.3 Å². The van der Waals surface area contributed by atoms with Crippen LogP contribution in [0, 0.1) is 6.92 Å². The lowest BCUT2D eigenvalue weighted by Crippen LogP contribution is -2.30. The molecule has 14 heavy (non-hydrogen) atoms. The van der Waals surface area contributed by atoms with E-state index in [0.29, 0.717) is 6.42 Å². The molecule has 2 atom stereocenters. The van der Waals surface area contributed by atoms with Gasteiger partial charge in [0.25, 0.3) is 0 Å². The molecule has 5 heteroatoms. The van der Waals surface area contributed by atoms with Crippen molar-refractivity contribution in [1.82, 2.24) is 9.88 Å².